The normalized spacial score (nSPS) is 10.5. The molecule has 2 N–H and O–H groups in total. The fraction of sp³-hybridized carbons (Fsp3) is 0.188. The number of hydrogen-bond acceptors (Lipinski definition) is 6. The van der Waals surface area contributed by atoms with E-state index in [2.05, 4.69) is 20.5 Å². The summed E-state index contributed by atoms with van der Waals surface area (Å²) in [6.45, 7) is 2.45. The van der Waals surface area contributed by atoms with E-state index in [-0.39, 0.29) is 11.7 Å². The number of para-hydroxylation sites is 2. The van der Waals surface area contributed by atoms with Crippen LogP contribution in [0.2, 0.25) is 0 Å². The molecule has 0 saturated heterocycles. The number of anilines is 1. The summed E-state index contributed by atoms with van der Waals surface area (Å²) in [7, 11) is 0. The van der Waals surface area contributed by atoms with Gasteiger partial charge in [0.25, 0.3) is 0 Å². The third-order valence-corrected chi connectivity index (χ3v) is 4.74. The predicted molar refractivity (Wildman–Crippen MR) is 96.7 cm³/mol. The molecule has 2 heterocycles. The lowest BCUT2D eigenvalue weighted by molar-refractivity contribution is -0.113. The third-order valence-electron chi connectivity index (χ3n) is 3.01. The Labute approximate surface area is 147 Å². The number of thiophene rings is 1. The number of aromatic nitrogens is 3. The van der Waals surface area contributed by atoms with Crippen LogP contribution >= 0.6 is 23.1 Å². The van der Waals surface area contributed by atoms with Gasteiger partial charge >= 0.3 is 0 Å². The molecule has 0 spiro atoms. The van der Waals surface area contributed by atoms with Gasteiger partial charge in [-0.25, -0.2) is 4.98 Å². The molecular weight excluding hydrogens is 344 g/mol. The molecule has 1 aromatic carbocycles. The summed E-state index contributed by atoms with van der Waals surface area (Å²) >= 11 is 2.87. The number of benzene rings is 1. The minimum Gasteiger partial charge on any atom is -0.492 e. The Hall–Kier alpha value is -2.32. The summed E-state index contributed by atoms with van der Waals surface area (Å²) in [6.07, 6.45) is 0. The van der Waals surface area contributed by atoms with Crippen molar-refractivity contribution in [2.24, 2.45) is 0 Å². The van der Waals surface area contributed by atoms with E-state index in [0.29, 0.717) is 23.2 Å². The van der Waals surface area contributed by atoms with Crippen LogP contribution in [0.4, 0.5) is 5.69 Å². The number of rotatable bonds is 7. The lowest BCUT2D eigenvalue weighted by Gasteiger charge is -2.10. The van der Waals surface area contributed by atoms with E-state index in [1.807, 2.05) is 48.7 Å². The van der Waals surface area contributed by atoms with Crippen LogP contribution in [-0.2, 0) is 4.79 Å². The van der Waals surface area contributed by atoms with Gasteiger partial charge in [0.2, 0.25) is 11.1 Å². The van der Waals surface area contributed by atoms with Crippen molar-refractivity contribution >= 4 is 34.7 Å². The van der Waals surface area contributed by atoms with E-state index in [0.717, 1.165) is 10.7 Å². The molecule has 6 nitrogen and oxygen atoms in total. The SMILES string of the molecule is CCOc1ccccc1NC(=O)CSc1n[nH]c(-c2cccs2)n1. The van der Waals surface area contributed by atoms with Gasteiger partial charge in [-0.1, -0.05) is 30.0 Å². The Morgan fingerprint density at radius 3 is 3.00 bits per heavy atom. The molecule has 0 saturated carbocycles. The number of carbonyl (C=O) groups is 1. The van der Waals surface area contributed by atoms with E-state index >= 15 is 0 Å². The number of ether oxygens (including phenoxy) is 1. The molecule has 0 unspecified atom stereocenters. The van der Waals surface area contributed by atoms with Crippen LogP contribution in [0.3, 0.4) is 0 Å². The molecule has 0 bridgehead atoms. The first-order chi connectivity index (χ1) is 11.8. The van der Waals surface area contributed by atoms with E-state index in [9.17, 15) is 4.79 Å². The number of aromatic amines is 1. The van der Waals surface area contributed by atoms with Gasteiger partial charge in [0, 0.05) is 0 Å². The number of nitrogens with one attached hydrogen (secondary N) is 2. The zero-order valence-corrected chi connectivity index (χ0v) is 14.6. The zero-order chi connectivity index (χ0) is 16.8. The Morgan fingerprint density at radius 1 is 1.33 bits per heavy atom. The van der Waals surface area contributed by atoms with Gasteiger partial charge in [0.05, 0.1) is 22.9 Å². The lowest BCUT2D eigenvalue weighted by Crippen LogP contribution is -2.15. The van der Waals surface area contributed by atoms with Gasteiger partial charge < -0.3 is 10.1 Å². The minimum atomic E-state index is -0.130. The molecule has 0 fully saturated rings. The highest BCUT2D eigenvalue weighted by Crippen LogP contribution is 2.25. The summed E-state index contributed by atoms with van der Waals surface area (Å²) in [5, 5.41) is 12.4. The van der Waals surface area contributed by atoms with Crippen LogP contribution in [0.25, 0.3) is 10.7 Å². The number of amides is 1. The van der Waals surface area contributed by atoms with Crippen LogP contribution in [0.1, 0.15) is 6.92 Å². The first kappa shape index (κ1) is 16.5. The molecule has 0 aliphatic heterocycles. The van der Waals surface area contributed by atoms with Gasteiger partial charge in [-0.2, -0.15) is 0 Å². The summed E-state index contributed by atoms with van der Waals surface area (Å²) < 4.78 is 5.50. The van der Waals surface area contributed by atoms with Crippen molar-refractivity contribution in [1.29, 1.82) is 0 Å². The molecule has 2 aromatic heterocycles. The number of hydrogen-bond donors (Lipinski definition) is 2. The van der Waals surface area contributed by atoms with E-state index in [4.69, 9.17) is 4.74 Å². The fourth-order valence-electron chi connectivity index (χ4n) is 2.00. The average molecular weight is 360 g/mol. The number of carbonyl (C=O) groups excluding carboxylic acids is 1. The van der Waals surface area contributed by atoms with Gasteiger partial charge in [-0.3, -0.25) is 9.89 Å². The highest BCUT2D eigenvalue weighted by atomic mass is 32.2. The summed E-state index contributed by atoms with van der Waals surface area (Å²) in [6, 6.07) is 11.3. The molecule has 1 amide bonds. The average Bonchev–Trinajstić information content (AvgIpc) is 3.26. The van der Waals surface area contributed by atoms with Crippen molar-refractivity contribution in [1.82, 2.24) is 15.2 Å². The number of nitrogens with zero attached hydrogens (tertiary/aromatic N) is 2. The minimum absolute atomic E-state index is 0.130. The number of thioether (sulfide) groups is 1. The third kappa shape index (κ3) is 4.15. The van der Waals surface area contributed by atoms with E-state index < -0.39 is 0 Å². The first-order valence-corrected chi connectivity index (χ1v) is 9.23. The van der Waals surface area contributed by atoms with Crippen LogP contribution in [-0.4, -0.2) is 33.4 Å². The van der Waals surface area contributed by atoms with Crippen LogP contribution in [0.15, 0.2) is 46.9 Å². The second-order valence-electron chi connectivity index (χ2n) is 4.71. The Kier molecular flexibility index (Phi) is 5.50. The van der Waals surface area contributed by atoms with Gasteiger partial charge in [-0.15, -0.1) is 16.4 Å². The highest BCUT2D eigenvalue weighted by molar-refractivity contribution is 7.99. The maximum Gasteiger partial charge on any atom is 0.234 e. The van der Waals surface area contributed by atoms with Crippen LogP contribution in [0.5, 0.6) is 5.75 Å². The molecule has 0 atom stereocenters. The van der Waals surface area contributed by atoms with Crippen molar-refractivity contribution in [3.05, 3.63) is 41.8 Å². The first-order valence-electron chi connectivity index (χ1n) is 7.37. The predicted octanol–water partition coefficient (Wildman–Crippen LogP) is 3.66. The smallest absolute Gasteiger partial charge is 0.234 e. The van der Waals surface area contributed by atoms with Crippen LogP contribution in [0, 0.1) is 0 Å². The summed E-state index contributed by atoms with van der Waals surface area (Å²) in [4.78, 5) is 17.5. The monoisotopic (exact) mass is 360 g/mol. The van der Waals surface area contributed by atoms with E-state index in [1.165, 1.54) is 11.8 Å². The molecule has 24 heavy (non-hydrogen) atoms. The number of H-pyrrole nitrogens is 1. The molecule has 3 aromatic rings. The van der Waals surface area contributed by atoms with E-state index in [1.54, 1.807) is 11.3 Å². The van der Waals surface area contributed by atoms with Gasteiger partial charge in [-0.05, 0) is 30.5 Å². The standard InChI is InChI=1S/C16H16N4O2S2/c1-2-22-12-7-4-3-6-11(12)17-14(21)10-24-16-18-15(19-20-16)13-8-5-9-23-13/h3-9H,2,10H2,1H3,(H,17,21)(H,18,19,20). The quantitative estimate of drug-likeness (QED) is 0.629. The zero-order valence-electron chi connectivity index (χ0n) is 13.0. The van der Waals surface area contributed by atoms with Crippen LogP contribution < -0.4 is 10.1 Å². The Bertz CT molecular complexity index is 802. The summed E-state index contributed by atoms with van der Waals surface area (Å²) in [5.74, 6) is 1.47. The van der Waals surface area contributed by atoms with Crippen molar-refractivity contribution in [2.45, 2.75) is 12.1 Å². The van der Waals surface area contributed by atoms with Crippen molar-refractivity contribution < 1.29 is 9.53 Å². The maximum atomic E-state index is 12.1. The highest BCUT2D eigenvalue weighted by Gasteiger charge is 2.11. The largest absolute Gasteiger partial charge is 0.492 e. The molecule has 0 radical (unpaired) electrons. The van der Waals surface area contributed by atoms with Crippen molar-refractivity contribution in [3.8, 4) is 16.5 Å². The van der Waals surface area contributed by atoms with Gasteiger partial charge in [0.15, 0.2) is 5.82 Å². The second-order valence-corrected chi connectivity index (χ2v) is 6.60. The van der Waals surface area contributed by atoms with Gasteiger partial charge in [0.1, 0.15) is 5.75 Å². The molecule has 0 aliphatic rings. The molecule has 8 heteroatoms. The van der Waals surface area contributed by atoms with Crippen molar-refractivity contribution in [3.63, 3.8) is 0 Å². The fourth-order valence-corrected chi connectivity index (χ4v) is 3.26. The second kappa shape index (κ2) is 7.98. The molecule has 0 aliphatic carbocycles. The molecule has 124 valence electrons. The Balaban J connectivity index is 1.56. The maximum absolute atomic E-state index is 12.1. The topological polar surface area (TPSA) is 79.9 Å². The van der Waals surface area contributed by atoms with Crippen molar-refractivity contribution in [2.75, 3.05) is 17.7 Å². The summed E-state index contributed by atoms with van der Waals surface area (Å²) in [5.41, 5.74) is 0.666. The molecule has 3 rings (SSSR count). The molecular formula is C16H16N4O2S2. The lowest BCUT2D eigenvalue weighted by atomic mass is 10.3. The Morgan fingerprint density at radius 2 is 2.21 bits per heavy atom.